The number of ether oxygens (including phenoxy) is 1. The molecule has 0 bridgehead atoms. The summed E-state index contributed by atoms with van der Waals surface area (Å²) in [6, 6.07) is 0.317. The maximum Gasteiger partial charge on any atom is 0.351 e. The summed E-state index contributed by atoms with van der Waals surface area (Å²) in [4.78, 5) is 15.7. The van der Waals surface area contributed by atoms with E-state index < -0.39 is 5.97 Å². The van der Waals surface area contributed by atoms with Crippen LogP contribution < -0.4 is 5.32 Å². The molecule has 4 nitrogen and oxygen atoms in total. The summed E-state index contributed by atoms with van der Waals surface area (Å²) in [7, 11) is 1.32. The highest BCUT2D eigenvalue weighted by atomic mass is 35.5. The van der Waals surface area contributed by atoms with E-state index in [1.807, 2.05) is 0 Å². The number of nitrogens with zero attached hydrogens (tertiary/aromatic N) is 1. The van der Waals surface area contributed by atoms with Gasteiger partial charge in [-0.2, -0.15) is 0 Å². The minimum atomic E-state index is -0.446. The van der Waals surface area contributed by atoms with E-state index in [9.17, 15) is 4.79 Å². The Balaban J connectivity index is 2.73. The van der Waals surface area contributed by atoms with E-state index >= 15 is 0 Å². The van der Waals surface area contributed by atoms with Gasteiger partial charge in [0.15, 0.2) is 15.2 Å². The number of methoxy groups -OCH3 is 1. The van der Waals surface area contributed by atoms with Gasteiger partial charge >= 0.3 is 5.97 Å². The Kier molecular flexibility index (Phi) is 5.02. The summed E-state index contributed by atoms with van der Waals surface area (Å²) in [6.45, 7) is 4.18. The molecule has 1 atom stereocenters. The molecule has 6 heteroatoms. The Morgan fingerprint density at radius 3 is 2.94 bits per heavy atom. The molecule has 0 aliphatic heterocycles. The molecule has 1 aromatic heterocycles. The number of halogens is 1. The second kappa shape index (κ2) is 6.06. The van der Waals surface area contributed by atoms with Gasteiger partial charge in [0, 0.05) is 6.04 Å². The number of carbonyl (C=O) groups excluding carboxylic acids is 1. The van der Waals surface area contributed by atoms with E-state index in [-0.39, 0.29) is 5.15 Å². The molecular formula is C10H15ClN2O2S. The lowest BCUT2D eigenvalue weighted by Crippen LogP contribution is -2.13. The highest BCUT2D eigenvalue weighted by Crippen LogP contribution is 2.28. The van der Waals surface area contributed by atoms with Gasteiger partial charge in [0.25, 0.3) is 0 Å². The number of hydrogen-bond donors (Lipinski definition) is 1. The molecule has 0 spiro atoms. The van der Waals surface area contributed by atoms with Crippen LogP contribution in [0.1, 0.15) is 36.4 Å². The molecule has 0 saturated carbocycles. The predicted octanol–water partition coefficient (Wildman–Crippen LogP) is 3.18. The van der Waals surface area contributed by atoms with Crippen molar-refractivity contribution in [3.63, 3.8) is 0 Å². The highest BCUT2D eigenvalue weighted by molar-refractivity contribution is 7.18. The number of esters is 1. The molecule has 16 heavy (non-hydrogen) atoms. The first-order valence-corrected chi connectivity index (χ1v) is 6.29. The maximum atomic E-state index is 11.3. The highest BCUT2D eigenvalue weighted by Gasteiger charge is 2.17. The molecule has 1 N–H and O–H groups in total. The first-order valence-electron chi connectivity index (χ1n) is 5.09. The molecule has 0 saturated heterocycles. The van der Waals surface area contributed by atoms with Crippen molar-refractivity contribution in [1.29, 1.82) is 0 Å². The minimum absolute atomic E-state index is 0.197. The summed E-state index contributed by atoms with van der Waals surface area (Å²) in [5, 5.41) is 4.05. The molecule has 90 valence electrons. The molecule has 0 aliphatic carbocycles. The van der Waals surface area contributed by atoms with E-state index in [2.05, 4.69) is 28.9 Å². The molecule has 1 unspecified atom stereocenters. The normalized spacial score (nSPS) is 12.2. The van der Waals surface area contributed by atoms with Crippen LogP contribution in [0, 0.1) is 0 Å². The van der Waals surface area contributed by atoms with E-state index in [4.69, 9.17) is 11.6 Å². The average Bonchev–Trinajstić information content (AvgIpc) is 2.58. The molecular weight excluding hydrogens is 248 g/mol. The fraction of sp³-hybridized carbons (Fsp3) is 0.600. The Labute approximate surface area is 104 Å². The zero-order chi connectivity index (χ0) is 12.1. The van der Waals surface area contributed by atoms with Gasteiger partial charge in [0.2, 0.25) is 0 Å². The minimum Gasteiger partial charge on any atom is -0.465 e. The number of thiazole rings is 1. The van der Waals surface area contributed by atoms with Crippen molar-refractivity contribution in [3.8, 4) is 0 Å². The van der Waals surface area contributed by atoms with Gasteiger partial charge in [0.05, 0.1) is 7.11 Å². The monoisotopic (exact) mass is 262 g/mol. The molecule has 1 aromatic rings. The number of hydrogen-bond acceptors (Lipinski definition) is 5. The molecule has 0 radical (unpaired) electrons. The van der Waals surface area contributed by atoms with Crippen molar-refractivity contribution in [2.75, 3.05) is 12.4 Å². The molecule has 0 aliphatic rings. The third-order valence-electron chi connectivity index (χ3n) is 2.05. The predicted molar refractivity (Wildman–Crippen MR) is 66.5 cm³/mol. The van der Waals surface area contributed by atoms with Gasteiger partial charge in [-0.3, -0.25) is 0 Å². The van der Waals surface area contributed by atoms with Crippen LogP contribution in [0.3, 0.4) is 0 Å². The van der Waals surface area contributed by atoms with Crippen molar-refractivity contribution in [3.05, 3.63) is 10.0 Å². The quantitative estimate of drug-likeness (QED) is 0.828. The van der Waals surface area contributed by atoms with Crippen LogP contribution in [0.2, 0.25) is 5.15 Å². The Bertz CT molecular complexity index is 368. The molecule has 1 heterocycles. The van der Waals surface area contributed by atoms with Crippen molar-refractivity contribution >= 4 is 34.0 Å². The zero-order valence-corrected chi connectivity index (χ0v) is 11.1. The van der Waals surface area contributed by atoms with E-state index in [0.717, 1.165) is 12.8 Å². The summed E-state index contributed by atoms with van der Waals surface area (Å²) < 4.78 is 4.60. The fourth-order valence-corrected chi connectivity index (χ4v) is 2.51. The zero-order valence-electron chi connectivity index (χ0n) is 9.54. The number of rotatable bonds is 5. The van der Waals surface area contributed by atoms with Gasteiger partial charge in [-0.25, -0.2) is 9.78 Å². The number of carbonyl (C=O) groups is 1. The van der Waals surface area contributed by atoms with Crippen LogP contribution in [0.5, 0.6) is 0 Å². The summed E-state index contributed by atoms with van der Waals surface area (Å²) >= 11 is 7.06. The van der Waals surface area contributed by atoms with Crippen LogP contribution in [0.15, 0.2) is 0 Å². The summed E-state index contributed by atoms with van der Waals surface area (Å²) in [5.74, 6) is -0.446. The summed E-state index contributed by atoms with van der Waals surface area (Å²) in [6.07, 6.45) is 2.14. The van der Waals surface area contributed by atoms with Gasteiger partial charge in [-0.05, 0) is 13.3 Å². The lowest BCUT2D eigenvalue weighted by atomic mass is 10.2. The topological polar surface area (TPSA) is 51.2 Å². The van der Waals surface area contributed by atoms with Crippen molar-refractivity contribution < 1.29 is 9.53 Å². The maximum absolute atomic E-state index is 11.3. The van der Waals surface area contributed by atoms with Crippen LogP contribution in [-0.2, 0) is 4.74 Å². The first kappa shape index (κ1) is 13.3. The van der Waals surface area contributed by atoms with Crippen molar-refractivity contribution in [2.24, 2.45) is 0 Å². The number of nitrogens with one attached hydrogen (secondary N) is 1. The number of anilines is 1. The van der Waals surface area contributed by atoms with Crippen molar-refractivity contribution in [1.82, 2.24) is 4.98 Å². The smallest absolute Gasteiger partial charge is 0.351 e. The molecule has 0 fully saturated rings. The van der Waals surface area contributed by atoms with Gasteiger partial charge in [0.1, 0.15) is 0 Å². The average molecular weight is 263 g/mol. The second-order valence-electron chi connectivity index (χ2n) is 3.46. The first-order chi connectivity index (χ1) is 7.58. The van der Waals surface area contributed by atoms with E-state index in [1.165, 1.54) is 18.4 Å². The van der Waals surface area contributed by atoms with Gasteiger partial charge in [-0.1, -0.05) is 36.3 Å². The van der Waals surface area contributed by atoms with Gasteiger partial charge < -0.3 is 10.1 Å². The Morgan fingerprint density at radius 2 is 2.38 bits per heavy atom. The molecule has 0 aromatic carbocycles. The largest absolute Gasteiger partial charge is 0.465 e. The van der Waals surface area contributed by atoms with Crippen molar-refractivity contribution in [2.45, 2.75) is 32.7 Å². The lowest BCUT2D eigenvalue weighted by molar-refractivity contribution is 0.0606. The number of aromatic nitrogens is 1. The fourth-order valence-electron chi connectivity index (χ4n) is 1.30. The Morgan fingerprint density at radius 1 is 1.69 bits per heavy atom. The van der Waals surface area contributed by atoms with Crippen LogP contribution in [-0.4, -0.2) is 24.1 Å². The SMILES string of the molecule is CCCC(C)Nc1nc(Cl)c(C(=O)OC)s1. The standard InChI is InChI=1S/C10H15ClN2O2S/c1-4-5-6(2)12-10-13-8(11)7(16-10)9(14)15-3/h6H,4-5H2,1-3H3,(H,12,13). The Hall–Kier alpha value is -0.810. The van der Waals surface area contributed by atoms with E-state index in [1.54, 1.807) is 0 Å². The van der Waals surface area contributed by atoms with E-state index in [0.29, 0.717) is 16.1 Å². The second-order valence-corrected chi connectivity index (χ2v) is 4.82. The van der Waals surface area contributed by atoms with Crippen LogP contribution in [0.4, 0.5) is 5.13 Å². The van der Waals surface area contributed by atoms with Crippen LogP contribution in [0.25, 0.3) is 0 Å². The summed E-state index contributed by atoms with van der Waals surface area (Å²) in [5.41, 5.74) is 0. The molecule has 1 rings (SSSR count). The van der Waals surface area contributed by atoms with Gasteiger partial charge in [-0.15, -0.1) is 0 Å². The lowest BCUT2D eigenvalue weighted by Gasteiger charge is -2.10. The third kappa shape index (κ3) is 3.35. The molecule has 0 amide bonds. The van der Waals surface area contributed by atoms with Crippen LogP contribution >= 0.6 is 22.9 Å². The third-order valence-corrected chi connectivity index (χ3v) is 3.40.